The van der Waals surface area contributed by atoms with Crippen LogP contribution in [0, 0.1) is 0 Å². The number of rotatable bonds is 7. The molecular formula is C36H40N4O. The number of aliphatic imine (C=N–C) groups is 3. The fourth-order valence-corrected chi connectivity index (χ4v) is 7.21. The number of fused-ring (bicyclic) bond motifs is 5. The average molecular weight is 545 g/mol. The van der Waals surface area contributed by atoms with Crippen LogP contribution in [-0.4, -0.2) is 27.2 Å². The van der Waals surface area contributed by atoms with Crippen LogP contribution in [0.1, 0.15) is 91.2 Å². The van der Waals surface area contributed by atoms with E-state index < -0.39 is 0 Å². The van der Waals surface area contributed by atoms with Crippen molar-refractivity contribution in [1.29, 1.82) is 0 Å². The van der Waals surface area contributed by atoms with Gasteiger partial charge in [-0.15, -0.1) is 0 Å². The van der Waals surface area contributed by atoms with E-state index in [1.165, 1.54) is 27.9 Å². The van der Waals surface area contributed by atoms with Gasteiger partial charge in [-0.2, -0.15) is 0 Å². The number of hydrogen-bond donors (Lipinski definition) is 2. The zero-order valence-corrected chi connectivity index (χ0v) is 25.3. The molecule has 2 N–H and O–H groups in total. The minimum absolute atomic E-state index is 0.402. The zero-order chi connectivity index (χ0) is 29.0. The highest BCUT2D eigenvalue weighted by Crippen LogP contribution is 2.45. The van der Waals surface area contributed by atoms with Gasteiger partial charge in [-0.05, 0) is 90.2 Å². The molecule has 5 heteroatoms. The van der Waals surface area contributed by atoms with Crippen molar-refractivity contribution in [1.82, 2.24) is 4.98 Å². The summed E-state index contributed by atoms with van der Waals surface area (Å²) in [4.78, 5) is 19.4. The molecule has 0 saturated heterocycles. The summed E-state index contributed by atoms with van der Waals surface area (Å²) >= 11 is 0. The lowest BCUT2D eigenvalue weighted by atomic mass is 9.95. The quantitative estimate of drug-likeness (QED) is 0.369. The summed E-state index contributed by atoms with van der Waals surface area (Å²) in [6, 6.07) is 0. The molecule has 4 aliphatic heterocycles. The fraction of sp³-hybridized carbons (Fsp3) is 0.361. The van der Waals surface area contributed by atoms with E-state index in [2.05, 4.69) is 71.3 Å². The number of aromatic amines is 1. The predicted octanol–water partition coefficient (Wildman–Crippen LogP) is 7.41. The molecule has 1 aromatic heterocycles. The Morgan fingerprint density at radius 1 is 0.756 bits per heavy atom. The number of aromatic nitrogens is 1. The standard InChI is InChI=1S/C36H40N4O/c1-8-19-21(10-3)29-17-31-23(12-5)24(13-6)35(39-31)26-15-33(41)34-25(14-7)32(40-36(26)34)18-30-22(11-4)20(9-2)28(38-30)16-27(19)37-29/h10,16-18,37,41H,3,8-9,11-15H2,1-2,4-7H3. The minimum Gasteiger partial charge on any atom is -0.511 e. The second kappa shape index (κ2) is 10.4. The Bertz CT molecular complexity index is 1820. The van der Waals surface area contributed by atoms with Crippen molar-refractivity contribution in [3.8, 4) is 0 Å². The van der Waals surface area contributed by atoms with E-state index in [1.54, 1.807) is 0 Å². The summed E-state index contributed by atoms with van der Waals surface area (Å²) in [5, 5.41) is 13.4. The first-order chi connectivity index (χ1) is 19.9. The van der Waals surface area contributed by atoms with Gasteiger partial charge in [0.05, 0.1) is 34.2 Å². The van der Waals surface area contributed by atoms with Gasteiger partial charge in [-0.25, -0.2) is 15.0 Å². The molecule has 0 radical (unpaired) electrons. The third-order valence-electron chi connectivity index (χ3n) is 9.07. The number of aliphatic hydroxyl groups excluding tert-OH is 1. The van der Waals surface area contributed by atoms with Crippen LogP contribution in [0.3, 0.4) is 0 Å². The molecule has 5 heterocycles. The highest BCUT2D eigenvalue weighted by atomic mass is 16.3. The third kappa shape index (κ3) is 4.00. The van der Waals surface area contributed by atoms with E-state index in [9.17, 15) is 5.11 Å². The molecule has 1 aliphatic carbocycles. The molecule has 0 fully saturated rings. The summed E-state index contributed by atoms with van der Waals surface area (Å²) in [7, 11) is 0. The first kappa shape index (κ1) is 27.2. The molecule has 1 aromatic rings. The Hall–Kier alpha value is -3.99. The Morgan fingerprint density at radius 3 is 2.02 bits per heavy atom. The van der Waals surface area contributed by atoms with Crippen molar-refractivity contribution in [3.63, 3.8) is 0 Å². The first-order valence-electron chi connectivity index (χ1n) is 15.3. The summed E-state index contributed by atoms with van der Waals surface area (Å²) in [5.41, 5.74) is 16.2. The van der Waals surface area contributed by atoms with E-state index in [1.807, 2.05) is 6.08 Å². The lowest BCUT2D eigenvalue weighted by Gasteiger charge is -2.08. The van der Waals surface area contributed by atoms with Crippen LogP contribution in [-0.2, 0) is 6.42 Å². The van der Waals surface area contributed by atoms with E-state index in [0.717, 1.165) is 106 Å². The Morgan fingerprint density at radius 2 is 1.39 bits per heavy atom. The Kier molecular flexibility index (Phi) is 6.93. The van der Waals surface area contributed by atoms with Crippen LogP contribution in [0.2, 0.25) is 0 Å². The van der Waals surface area contributed by atoms with Crippen molar-refractivity contribution >= 4 is 35.4 Å². The van der Waals surface area contributed by atoms with Crippen LogP contribution >= 0.6 is 0 Å². The molecule has 0 saturated carbocycles. The number of allylic oxidation sites excluding steroid dienone is 8. The maximum absolute atomic E-state index is 11.3. The molecule has 0 aromatic carbocycles. The molecule has 41 heavy (non-hydrogen) atoms. The summed E-state index contributed by atoms with van der Waals surface area (Å²) in [5.74, 6) is 0.402. The molecule has 5 aliphatic rings. The van der Waals surface area contributed by atoms with Crippen molar-refractivity contribution in [2.75, 3.05) is 0 Å². The summed E-state index contributed by atoms with van der Waals surface area (Å²) in [6.07, 6.45) is 14.2. The van der Waals surface area contributed by atoms with Crippen LogP contribution in [0.15, 0.2) is 89.5 Å². The average Bonchev–Trinajstić information content (AvgIpc) is 3.75. The molecule has 0 amide bonds. The SMILES string of the molecule is C=Cc1c(CC)c2[nH]c1=CC1=NC(=C3CC(O)=C4C3=NC(=C4CC)C=C3N=C(C=2)C(CC)=C3CC)C(CC)=C1CC. The van der Waals surface area contributed by atoms with Crippen molar-refractivity contribution < 1.29 is 5.11 Å². The van der Waals surface area contributed by atoms with E-state index in [-0.39, 0.29) is 0 Å². The topological polar surface area (TPSA) is 73.1 Å². The summed E-state index contributed by atoms with van der Waals surface area (Å²) in [6.45, 7) is 17.3. The van der Waals surface area contributed by atoms with Gasteiger partial charge in [0.15, 0.2) is 0 Å². The monoisotopic (exact) mass is 544 g/mol. The number of hydrogen-bond acceptors (Lipinski definition) is 4. The van der Waals surface area contributed by atoms with Crippen LogP contribution in [0.25, 0.3) is 18.2 Å². The van der Waals surface area contributed by atoms with Crippen LogP contribution in [0.5, 0.6) is 0 Å². The minimum atomic E-state index is 0.402. The maximum Gasteiger partial charge on any atom is 0.107 e. The molecule has 210 valence electrons. The van der Waals surface area contributed by atoms with Crippen LogP contribution < -0.4 is 10.7 Å². The third-order valence-corrected chi connectivity index (χ3v) is 9.07. The van der Waals surface area contributed by atoms with Crippen molar-refractivity contribution in [3.05, 3.63) is 96.3 Å². The van der Waals surface area contributed by atoms with Gasteiger partial charge in [0.2, 0.25) is 0 Å². The molecular weight excluding hydrogens is 504 g/mol. The van der Waals surface area contributed by atoms with Crippen molar-refractivity contribution in [2.24, 2.45) is 15.0 Å². The number of nitrogens with one attached hydrogen (secondary N) is 1. The van der Waals surface area contributed by atoms with E-state index in [0.29, 0.717) is 12.2 Å². The summed E-state index contributed by atoms with van der Waals surface area (Å²) < 4.78 is 0. The smallest absolute Gasteiger partial charge is 0.107 e. The number of nitrogens with zero attached hydrogens (tertiary/aromatic N) is 3. The highest BCUT2D eigenvalue weighted by molar-refractivity contribution is 6.26. The molecule has 0 unspecified atom stereocenters. The van der Waals surface area contributed by atoms with Gasteiger partial charge >= 0.3 is 0 Å². The second-order valence-electron chi connectivity index (χ2n) is 11.0. The first-order valence-corrected chi connectivity index (χ1v) is 15.3. The molecule has 0 atom stereocenters. The maximum atomic E-state index is 11.3. The zero-order valence-electron chi connectivity index (χ0n) is 25.3. The van der Waals surface area contributed by atoms with E-state index in [4.69, 9.17) is 15.0 Å². The molecule has 0 spiro atoms. The lowest BCUT2D eigenvalue weighted by Crippen LogP contribution is -2.16. The van der Waals surface area contributed by atoms with Gasteiger partial charge in [0.1, 0.15) is 5.76 Å². The second-order valence-corrected chi connectivity index (χ2v) is 11.0. The van der Waals surface area contributed by atoms with Gasteiger partial charge < -0.3 is 10.1 Å². The lowest BCUT2D eigenvalue weighted by molar-refractivity contribution is 0.400. The molecule has 6 rings (SSSR count). The van der Waals surface area contributed by atoms with Gasteiger partial charge in [0.25, 0.3) is 0 Å². The van der Waals surface area contributed by atoms with Gasteiger partial charge in [0, 0.05) is 33.8 Å². The highest BCUT2D eigenvalue weighted by Gasteiger charge is 2.37. The van der Waals surface area contributed by atoms with Gasteiger partial charge in [-0.1, -0.05) is 54.2 Å². The predicted molar refractivity (Wildman–Crippen MR) is 173 cm³/mol. The van der Waals surface area contributed by atoms with Gasteiger partial charge in [-0.3, -0.25) is 0 Å². The van der Waals surface area contributed by atoms with E-state index >= 15 is 0 Å². The Balaban J connectivity index is 1.76. The fourth-order valence-electron chi connectivity index (χ4n) is 7.21. The normalized spacial score (nSPS) is 19.7. The molecule has 8 bridgehead atoms. The van der Waals surface area contributed by atoms with Crippen LogP contribution in [0.4, 0.5) is 0 Å². The molecule has 5 nitrogen and oxygen atoms in total. The number of aliphatic hydroxyl groups is 1. The Labute approximate surface area is 243 Å². The largest absolute Gasteiger partial charge is 0.511 e. The van der Waals surface area contributed by atoms with Crippen molar-refractivity contribution in [2.45, 2.75) is 86.5 Å². The number of H-pyrrole nitrogens is 1.